The predicted octanol–water partition coefficient (Wildman–Crippen LogP) is 2.53. The van der Waals surface area contributed by atoms with Gasteiger partial charge in [-0.05, 0) is 31.5 Å². The lowest BCUT2D eigenvalue weighted by Gasteiger charge is -2.04. The lowest BCUT2D eigenvalue weighted by Crippen LogP contribution is -2.16. The molecular weight excluding hydrogens is 220 g/mol. The molecule has 0 aliphatic carbocycles. The first-order valence-electron chi connectivity index (χ1n) is 5.44. The van der Waals surface area contributed by atoms with Crippen LogP contribution in [0.3, 0.4) is 0 Å². The van der Waals surface area contributed by atoms with Crippen LogP contribution in [0.5, 0.6) is 0 Å². The van der Waals surface area contributed by atoms with Crippen LogP contribution in [-0.2, 0) is 11.3 Å². The zero-order valence-electron chi connectivity index (χ0n) is 9.62. The molecule has 0 unspecified atom stereocenters. The molecule has 1 heterocycles. The summed E-state index contributed by atoms with van der Waals surface area (Å²) in [6, 6.07) is 6.31. The van der Waals surface area contributed by atoms with Crippen LogP contribution >= 0.6 is 11.3 Å². The van der Waals surface area contributed by atoms with Gasteiger partial charge in [0.15, 0.2) is 4.80 Å². The first-order chi connectivity index (χ1) is 7.72. The fourth-order valence-corrected chi connectivity index (χ4v) is 2.75. The van der Waals surface area contributed by atoms with E-state index < -0.39 is 0 Å². The number of aryl methyl sites for hydroxylation is 1. The Morgan fingerprint density at radius 1 is 1.44 bits per heavy atom. The maximum absolute atomic E-state index is 7.93. The quantitative estimate of drug-likeness (QED) is 0.814. The molecule has 0 spiro atoms. The van der Waals surface area contributed by atoms with E-state index in [2.05, 4.69) is 25.1 Å². The molecule has 0 fully saturated rings. The van der Waals surface area contributed by atoms with Crippen LogP contribution in [0.25, 0.3) is 10.2 Å². The molecular formula is C12H16N2OS. The van der Waals surface area contributed by atoms with Crippen LogP contribution in [0.4, 0.5) is 0 Å². The molecule has 1 aromatic heterocycles. The van der Waals surface area contributed by atoms with E-state index in [0.717, 1.165) is 18.7 Å². The maximum Gasteiger partial charge on any atom is 0.182 e. The Morgan fingerprint density at radius 3 is 3.00 bits per heavy atom. The average molecular weight is 236 g/mol. The van der Waals surface area contributed by atoms with Gasteiger partial charge in [-0.25, -0.2) is 0 Å². The molecule has 4 heteroatoms. The molecule has 0 saturated carbocycles. The van der Waals surface area contributed by atoms with Crippen molar-refractivity contribution >= 4 is 21.6 Å². The van der Waals surface area contributed by atoms with Gasteiger partial charge in [0, 0.05) is 13.2 Å². The SMILES string of the molecule is CCOCCn1c(=N)sc2cc(C)ccc21. The number of hydrogen-bond donors (Lipinski definition) is 1. The molecule has 0 bridgehead atoms. The largest absolute Gasteiger partial charge is 0.380 e. The Kier molecular flexibility index (Phi) is 3.41. The summed E-state index contributed by atoms with van der Waals surface area (Å²) in [7, 11) is 0. The van der Waals surface area contributed by atoms with E-state index in [1.165, 1.54) is 21.6 Å². The topological polar surface area (TPSA) is 38.0 Å². The van der Waals surface area contributed by atoms with Crippen molar-refractivity contribution in [3.63, 3.8) is 0 Å². The second-order valence-corrected chi connectivity index (χ2v) is 4.76. The molecule has 1 N–H and O–H groups in total. The van der Waals surface area contributed by atoms with Crippen molar-refractivity contribution in [2.75, 3.05) is 13.2 Å². The highest BCUT2D eigenvalue weighted by Crippen LogP contribution is 2.18. The number of nitrogens with one attached hydrogen (secondary N) is 1. The minimum atomic E-state index is 0.598. The summed E-state index contributed by atoms with van der Waals surface area (Å²) in [5, 5.41) is 7.93. The van der Waals surface area contributed by atoms with Crippen LogP contribution in [-0.4, -0.2) is 17.8 Å². The molecule has 16 heavy (non-hydrogen) atoms. The van der Waals surface area contributed by atoms with Gasteiger partial charge in [-0.15, -0.1) is 0 Å². The summed E-state index contributed by atoms with van der Waals surface area (Å²) in [5.41, 5.74) is 2.38. The number of fused-ring (bicyclic) bond motifs is 1. The van der Waals surface area contributed by atoms with Gasteiger partial charge >= 0.3 is 0 Å². The van der Waals surface area contributed by atoms with Crippen molar-refractivity contribution in [1.82, 2.24) is 4.57 Å². The summed E-state index contributed by atoms with van der Waals surface area (Å²) in [6.45, 7) is 6.23. The number of benzene rings is 1. The lowest BCUT2D eigenvalue weighted by molar-refractivity contribution is 0.139. The predicted molar refractivity (Wildman–Crippen MR) is 66.9 cm³/mol. The van der Waals surface area contributed by atoms with Crippen LogP contribution in [0.15, 0.2) is 18.2 Å². The molecule has 0 saturated heterocycles. The van der Waals surface area contributed by atoms with E-state index in [4.69, 9.17) is 10.1 Å². The van der Waals surface area contributed by atoms with E-state index in [9.17, 15) is 0 Å². The number of hydrogen-bond acceptors (Lipinski definition) is 3. The molecule has 0 atom stereocenters. The normalized spacial score (nSPS) is 11.1. The zero-order chi connectivity index (χ0) is 11.5. The van der Waals surface area contributed by atoms with Gasteiger partial charge in [-0.3, -0.25) is 5.41 Å². The standard InChI is InChI=1S/C12H16N2OS/c1-3-15-7-6-14-10-5-4-9(2)8-11(10)16-12(14)13/h4-5,8,13H,3,6-7H2,1-2H3. The van der Waals surface area contributed by atoms with Gasteiger partial charge in [0.1, 0.15) is 0 Å². The Hall–Kier alpha value is -1.13. The number of aromatic nitrogens is 1. The summed E-state index contributed by atoms with van der Waals surface area (Å²) < 4.78 is 8.53. The summed E-state index contributed by atoms with van der Waals surface area (Å²) in [6.07, 6.45) is 0. The highest BCUT2D eigenvalue weighted by molar-refractivity contribution is 7.16. The van der Waals surface area contributed by atoms with Crippen LogP contribution in [0, 0.1) is 12.3 Å². The summed E-state index contributed by atoms with van der Waals surface area (Å²) in [4.78, 5) is 0.598. The molecule has 86 valence electrons. The lowest BCUT2D eigenvalue weighted by atomic mass is 10.2. The van der Waals surface area contributed by atoms with E-state index in [0.29, 0.717) is 11.4 Å². The minimum absolute atomic E-state index is 0.598. The van der Waals surface area contributed by atoms with Gasteiger partial charge in [0.2, 0.25) is 0 Å². The molecule has 2 aromatic rings. The van der Waals surface area contributed by atoms with E-state index in [1.807, 2.05) is 11.5 Å². The molecule has 3 nitrogen and oxygen atoms in total. The highest BCUT2D eigenvalue weighted by atomic mass is 32.1. The van der Waals surface area contributed by atoms with Crippen LogP contribution < -0.4 is 4.80 Å². The van der Waals surface area contributed by atoms with Gasteiger partial charge in [0.25, 0.3) is 0 Å². The van der Waals surface area contributed by atoms with Crippen molar-refractivity contribution in [1.29, 1.82) is 5.41 Å². The Labute approximate surface area is 98.8 Å². The number of nitrogens with zero attached hydrogens (tertiary/aromatic N) is 1. The molecule has 0 aliphatic heterocycles. The average Bonchev–Trinajstić information content (AvgIpc) is 2.55. The van der Waals surface area contributed by atoms with Gasteiger partial charge in [-0.2, -0.15) is 0 Å². The van der Waals surface area contributed by atoms with Crippen molar-refractivity contribution < 1.29 is 4.74 Å². The van der Waals surface area contributed by atoms with Gasteiger partial charge < -0.3 is 9.30 Å². The number of rotatable bonds is 4. The summed E-state index contributed by atoms with van der Waals surface area (Å²) >= 11 is 1.53. The van der Waals surface area contributed by atoms with E-state index in [1.54, 1.807) is 0 Å². The summed E-state index contributed by atoms with van der Waals surface area (Å²) in [5.74, 6) is 0. The Balaban J connectivity index is 2.36. The van der Waals surface area contributed by atoms with Crippen LogP contribution in [0.2, 0.25) is 0 Å². The maximum atomic E-state index is 7.93. The zero-order valence-corrected chi connectivity index (χ0v) is 10.4. The third kappa shape index (κ3) is 2.18. The molecule has 2 rings (SSSR count). The Morgan fingerprint density at radius 2 is 2.25 bits per heavy atom. The first kappa shape index (κ1) is 11.4. The van der Waals surface area contributed by atoms with Gasteiger partial charge in [0.05, 0.1) is 16.8 Å². The van der Waals surface area contributed by atoms with Crippen LogP contribution in [0.1, 0.15) is 12.5 Å². The number of thiazole rings is 1. The third-order valence-electron chi connectivity index (χ3n) is 2.52. The van der Waals surface area contributed by atoms with Crippen molar-refractivity contribution in [2.45, 2.75) is 20.4 Å². The minimum Gasteiger partial charge on any atom is -0.380 e. The molecule has 0 amide bonds. The Bertz CT molecular complexity index is 541. The monoisotopic (exact) mass is 236 g/mol. The van der Waals surface area contributed by atoms with E-state index in [-0.39, 0.29) is 0 Å². The molecule has 0 aliphatic rings. The van der Waals surface area contributed by atoms with E-state index >= 15 is 0 Å². The molecule has 0 radical (unpaired) electrons. The fraction of sp³-hybridized carbons (Fsp3) is 0.417. The van der Waals surface area contributed by atoms with Crippen molar-refractivity contribution in [3.05, 3.63) is 28.6 Å². The number of ether oxygens (including phenoxy) is 1. The second kappa shape index (κ2) is 4.80. The smallest absolute Gasteiger partial charge is 0.182 e. The third-order valence-corrected chi connectivity index (χ3v) is 3.48. The second-order valence-electron chi connectivity index (χ2n) is 3.73. The van der Waals surface area contributed by atoms with Crippen molar-refractivity contribution in [2.24, 2.45) is 0 Å². The van der Waals surface area contributed by atoms with Crippen molar-refractivity contribution in [3.8, 4) is 0 Å². The fourth-order valence-electron chi connectivity index (χ4n) is 1.72. The molecule has 1 aromatic carbocycles. The highest BCUT2D eigenvalue weighted by Gasteiger charge is 2.04. The first-order valence-corrected chi connectivity index (χ1v) is 6.26. The van der Waals surface area contributed by atoms with Gasteiger partial charge in [-0.1, -0.05) is 17.4 Å².